The van der Waals surface area contributed by atoms with Crippen LogP contribution in [-0.2, 0) is 0 Å². The molecule has 32 heavy (non-hydrogen) atoms. The molecule has 3 fully saturated rings. The first-order chi connectivity index (χ1) is 15.1. The van der Waals surface area contributed by atoms with Gasteiger partial charge in [-0.05, 0) is 91.9 Å². The average molecular weight is 463 g/mol. The molecule has 182 valence electrons. The molecule has 0 spiro atoms. The first kappa shape index (κ1) is 26.1. The molecule has 0 aromatic heterocycles. The smallest absolute Gasteiger partial charge is 0.0811 e. The lowest BCUT2D eigenvalue weighted by Crippen LogP contribution is -2.37. The van der Waals surface area contributed by atoms with Gasteiger partial charge in [0.1, 0.15) is 0 Å². The molecule has 4 heteroatoms. The van der Waals surface area contributed by atoms with Crippen molar-refractivity contribution in [3.8, 4) is 0 Å². The van der Waals surface area contributed by atoms with Crippen LogP contribution in [0.3, 0.4) is 0 Å². The van der Waals surface area contributed by atoms with Gasteiger partial charge in [-0.25, -0.2) is 0 Å². The monoisotopic (exact) mass is 462 g/mol. The highest BCUT2D eigenvalue weighted by Gasteiger charge is 2.50. The second-order valence-electron chi connectivity index (χ2n) is 10.9. The summed E-state index contributed by atoms with van der Waals surface area (Å²) >= 11 is 2.07. The maximum Gasteiger partial charge on any atom is 0.0811 e. The van der Waals surface area contributed by atoms with E-state index < -0.39 is 17.8 Å². The summed E-state index contributed by atoms with van der Waals surface area (Å²) in [5.41, 5.74) is 3.20. The molecule has 6 atom stereocenters. The van der Waals surface area contributed by atoms with E-state index in [-0.39, 0.29) is 0 Å². The number of aliphatic hydroxyl groups excluding tert-OH is 2. The van der Waals surface area contributed by atoms with Crippen molar-refractivity contribution in [2.24, 2.45) is 17.3 Å². The van der Waals surface area contributed by atoms with E-state index in [1.54, 1.807) is 5.57 Å². The van der Waals surface area contributed by atoms with E-state index in [1.807, 2.05) is 0 Å². The standard InChI is InChI=1S/C28H46O3S/c1-6-28(31,7-2)15-16-32-20(4)24-12-13-25-21(9-8-14-27(24,25)5)10-11-22-17-23(29)18-26(30)19(22)3/h10-11,20,23-26,29-31H,3,6-9,12-18H2,1-2,4-5H3/t20-,23-,24-,25+,26+,27-/m1/s1. The molecule has 3 rings (SSSR count). The fourth-order valence-corrected chi connectivity index (χ4v) is 8.22. The number of fused-ring (bicyclic) bond motifs is 1. The van der Waals surface area contributed by atoms with Crippen molar-refractivity contribution in [1.82, 2.24) is 0 Å². The lowest BCUT2D eigenvalue weighted by Gasteiger charge is -2.44. The third-order valence-corrected chi connectivity index (χ3v) is 10.4. The average Bonchev–Trinajstić information content (AvgIpc) is 3.12. The van der Waals surface area contributed by atoms with Crippen LogP contribution >= 0.6 is 11.8 Å². The van der Waals surface area contributed by atoms with Crippen LogP contribution in [0.2, 0.25) is 0 Å². The predicted molar refractivity (Wildman–Crippen MR) is 137 cm³/mol. The fourth-order valence-electron chi connectivity index (χ4n) is 6.67. The number of hydrogen-bond donors (Lipinski definition) is 3. The molecule has 3 N–H and O–H groups in total. The quantitative estimate of drug-likeness (QED) is 0.402. The van der Waals surface area contributed by atoms with E-state index in [0.717, 1.165) is 48.5 Å². The molecule has 3 aliphatic rings. The first-order valence-electron chi connectivity index (χ1n) is 12.9. The molecule has 0 amide bonds. The Morgan fingerprint density at radius 2 is 1.94 bits per heavy atom. The van der Waals surface area contributed by atoms with E-state index >= 15 is 0 Å². The van der Waals surface area contributed by atoms with Gasteiger partial charge in [-0.3, -0.25) is 0 Å². The zero-order valence-corrected chi connectivity index (χ0v) is 21.6. The van der Waals surface area contributed by atoms with Gasteiger partial charge >= 0.3 is 0 Å². The Morgan fingerprint density at radius 3 is 2.62 bits per heavy atom. The van der Waals surface area contributed by atoms with Crippen LogP contribution in [0.1, 0.15) is 91.9 Å². The van der Waals surface area contributed by atoms with Crippen LogP contribution in [0.5, 0.6) is 0 Å². The van der Waals surface area contributed by atoms with Crippen LogP contribution in [0.15, 0.2) is 35.5 Å². The summed E-state index contributed by atoms with van der Waals surface area (Å²) in [5, 5.41) is 31.5. The minimum atomic E-state index is -0.619. The molecule has 3 aliphatic carbocycles. The second-order valence-corrected chi connectivity index (χ2v) is 12.4. The van der Waals surface area contributed by atoms with Crippen LogP contribution in [-0.4, -0.2) is 44.1 Å². The molecule has 0 aliphatic heterocycles. The summed E-state index contributed by atoms with van der Waals surface area (Å²) in [4.78, 5) is 0. The molecule has 0 bridgehead atoms. The SMILES string of the molecule is C=C1C(=CC=C2CCC[C@]3(C)[C@@H]([C@@H](C)SCCC(O)(CC)CC)CC[C@@H]23)C[C@@H](O)C[C@@H]1O. The molecule has 0 unspecified atom stereocenters. The zero-order valence-electron chi connectivity index (χ0n) is 20.8. The number of thioether (sulfide) groups is 1. The Morgan fingerprint density at radius 1 is 1.22 bits per heavy atom. The highest BCUT2D eigenvalue weighted by Crippen LogP contribution is 2.59. The summed E-state index contributed by atoms with van der Waals surface area (Å²) in [6, 6.07) is 0. The van der Waals surface area contributed by atoms with Crippen molar-refractivity contribution >= 4 is 11.8 Å². The highest BCUT2D eigenvalue weighted by molar-refractivity contribution is 7.99. The highest BCUT2D eigenvalue weighted by atomic mass is 32.2. The van der Waals surface area contributed by atoms with Crippen LogP contribution in [0, 0.1) is 17.3 Å². The molecule has 0 heterocycles. The van der Waals surface area contributed by atoms with E-state index in [4.69, 9.17) is 0 Å². The van der Waals surface area contributed by atoms with Gasteiger partial charge in [0, 0.05) is 11.7 Å². The third kappa shape index (κ3) is 5.56. The number of allylic oxidation sites excluding steroid dienone is 3. The van der Waals surface area contributed by atoms with Crippen molar-refractivity contribution in [3.05, 3.63) is 35.5 Å². The summed E-state index contributed by atoms with van der Waals surface area (Å²) < 4.78 is 0. The molecule has 0 radical (unpaired) electrons. The van der Waals surface area contributed by atoms with Gasteiger partial charge in [0.05, 0.1) is 17.8 Å². The Kier molecular flexibility index (Phi) is 8.80. The van der Waals surface area contributed by atoms with Gasteiger partial charge in [-0.1, -0.05) is 52.0 Å². The minimum absolute atomic E-state index is 0.351. The molecule has 0 aromatic carbocycles. The molecule has 0 aromatic rings. The maximum atomic E-state index is 10.6. The Hall–Kier alpha value is -0.550. The normalized spacial score (nSPS) is 37.2. The molecular formula is C28H46O3S. The van der Waals surface area contributed by atoms with E-state index in [1.165, 1.54) is 25.7 Å². The Bertz CT molecular complexity index is 722. The number of hydrogen-bond acceptors (Lipinski definition) is 4. The summed E-state index contributed by atoms with van der Waals surface area (Å²) in [7, 11) is 0. The third-order valence-electron chi connectivity index (χ3n) is 9.13. The van der Waals surface area contributed by atoms with Crippen molar-refractivity contribution in [1.29, 1.82) is 0 Å². The van der Waals surface area contributed by atoms with Crippen LogP contribution < -0.4 is 0 Å². The lowest BCUT2D eigenvalue weighted by atomic mass is 9.63. The lowest BCUT2D eigenvalue weighted by molar-refractivity contribution is 0.0296. The zero-order chi connectivity index (χ0) is 23.5. The van der Waals surface area contributed by atoms with E-state index in [9.17, 15) is 15.3 Å². The molecule has 3 nitrogen and oxygen atoms in total. The summed E-state index contributed by atoms with van der Waals surface area (Å²) in [5.74, 6) is 2.40. The van der Waals surface area contributed by atoms with Crippen molar-refractivity contribution in [2.75, 3.05) is 5.75 Å². The van der Waals surface area contributed by atoms with Gasteiger partial charge in [0.15, 0.2) is 0 Å². The number of aliphatic hydroxyl groups is 3. The maximum absolute atomic E-state index is 10.6. The summed E-state index contributed by atoms with van der Waals surface area (Å²) in [6.45, 7) is 13.2. The predicted octanol–water partition coefficient (Wildman–Crippen LogP) is 6.19. The van der Waals surface area contributed by atoms with Crippen molar-refractivity contribution in [2.45, 2.75) is 115 Å². The van der Waals surface area contributed by atoms with E-state index in [0.29, 0.717) is 29.4 Å². The summed E-state index contributed by atoms with van der Waals surface area (Å²) in [6.07, 6.45) is 13.2. The Labute approximate surface area is 200 Å². The van der Waals surface area contributed by atoms with Gasteiger partial charge in [0.25, 0.3) is 0 Å². The van der Waals surface area contributed by atoms with E-state index in [2.05, 4.69) is 58.2 Å². The molecule has 3 saturated carbocycles. The van der Waals surface area contributed by atoms with Crippen molar-refractivity contribution < 1.29 is 15.3 Å². The minimum Gasteiger partial charge on any atom is -0.393 e. The van der Waals surface area contributed by atoms with Crippen molar-refractivity contribution in [3.63, 3.8) is 0 Å². The fraction of sp³-hybridized carbons (Fsp3) is 0.786. The van der Waals surface area contributed by atoms with Gasteiger partial charge in [-0.2, -0.15) is 11.8 Å². The van der Waals surface area contributed by atoms with Crippen LogP contribution in [0.25, 0.3) is 0 Å². The van der Waals surface area contributed by atoms with Gasteiger partial charge in [0.2, 0.25) is 0 Å². The largest absolute Gasteiger partial charge is 0.393 e. The van der Waals surface area contributed by atoms with Gasteiger partial charge in [-0.15, -0.1) is 0 Å². The molecular weight excluding hydrogens is 416 g/mol. The van der Waals surface area contributed by atoms with Crippen LogP contribution in [0.4, 0.5) is 0 Å². The topological polar surface area (TPSA) is 60.7 Å². The van der Waals surface area contributed by atoms with Gasteiger partial charge < -0.3 is 15.3 Å². The second kappa shape index (κ2) is 10.8. The first-order valence-corrected chi connectivity index (χ1v) is 14.0. The Balaban J connectivity index is 1.67. The molecule has 0 saturated heterocycles. The number of rotatable bonds is 8.